The Kier molecular flexibility index (Phi) is 37.6. The van der Waals surface area contributed by atoms with Gasteiger partial charge in [0.25, 0.3) is 0 Å². The summed E-state index contributed by atoms with van der Waals surface area (Å²) in [6.07, 6.45) is 26.3. The number of terminal acetylenes is 1. The van der Waals surface area contributed by atoms with Crippen LogP contribution >= 0.6 is 0 Å². The van der Waals surface area contributed by atoms with Crippen LogP contribution in [-0.2, 0) is 9.59 Å². The molecule has 6 N–H and O–H groups in total. The molecule has 7 nitrogen and oxygen atoms in total. The van der Waals surface area contributed by atoms with Crippen LogP contribution in [0.3, 0.4) is 0 Å². The highest BCUT2D eigenvalue weighted by atomic mass is 16.1. The molecule has 0 bridgehead atoms. The molecule has 3 aliphatic rings. The van der Waals surface area contributed by atoms with Crippen molar-refractivity contribution in [3.05, 3.63) is 90.1 Å². The van der Waals surface area contributed by atoms with E-state index in [-0.39, 0.29) is 11.8 Å². The molecule has 0 radical (unpaired) electrons. The number of primary amides is 1. The molecule has 1 aromatic carbocycles. The summed E-state index contributed by atoms with van der Waals surface area (Å²) in [5, 5.41) is 6.35. The number of nitrogens with one attached hydrogen (secondary N) is 2. The van der Waals surface area contributed by atoms with Crippen LogP contribution in [0.4, 0.5) is 0 Å². The van der Waals surface area contributed by atoms with E-state index in [1.54, 1.807) is 18.1 Å². The Morgan fingerprint density at radius 3 is 1.91 bits per heavy atom. The number of aldehydes is 1. The summed E-state index contributed by atoms with van der Waals surface area (Å²) in [6, 6.07) is 12.5. The molecule has 0 aromatic heterocycles. The molecule has 7 heteroatoms. The van der Waals surface area contributed by atoms with Gasteiger partial charge in [-0.05, 0) is 128 Å². The lowest BCUT2D eigenvalue weighted by molar-refractivity contribution is -0.117. The molecule has 4 rings (SSSR count). The van der Waals surface area contributed by atoms with Crippen molar-refractivity contribution in [3.63, 3.8) is 0 Å². The zero-order valence-corrected chi connectivity index (χ0v) is 37.8. The van der Waals surface area contributed by atoms with Gasteiger partial charge in [-0.3, -0.25) is 9.69 Å². The number of carbonyl (C=O) groups excluding carboxylic acids is 2. The van der Waals surface area contributed by atoms with Gasteiger partial charge in [-0.15, -0.1) is 18.9 Å². The molecule has 1 spiro atoms. The molecular formula is C49H85N5O2. The van der Waals surface area contributed by atoms with Gasteiger partial charge in [0, 0.05) is 37.5 Å². The third kappa shape index (κ3) is 22.3. The molecule has 2 fully saturated rings. The fraction of sp³-hybridized carbons (Fsp3) is 0.592. The van der Waals surface area contributed by atoms with Crippen LogP contribution in [0.2, 0.25) is 0 Å². The number of amides is 1. The van der Waals surface area contributed by atoms with Crippen molar-refractivity contribution in [2.75, 3.05) is 40.3 Å². The number of nitrogens with zero attached hydrogens (tertiary/aromatic N) is 1. The Morgan fingerprint density at radius 1 is 1.02 bits per heavy atom. The fourth-order valence-corrected chi connectivity index (χ4v) is 7.42. The van der Waals surface area contributed by atoms with Gasteiger partial charge in [-0.1, -0.05) is 114 Å². The summed E-state index contributed by atoms with van der Waals surface area (Å²) in [5.74, 6) is 2.20. The van der Waals surface area contributed by atoms with E-state index in [2.05, 4.69) is 137 Å². The normalized spacial score (nSPS) is 18.5. The van der Waals surface area contributed by atoms with E-state index in [4.69, 9.17) is 10.5 Å². The quantitative estimate of drug-likeness (QED) is 0.0687. The summed E-state index contributed by atoms with van der Waals surface area (Å²) in [4.78, 5) is 21.1. The predicted octanol–water partition coefficient (Wildman–Crippen LogP) is 10.1. The Hall–Kier alpha value is -3.54. The molecular weight excluding hydrogens is 691 g/mol. The lowest BCUT2D eigenvalue weighted by Gasteiger charge is -2.25. The molecule has 1 saturated heterocycles. The van der Waals surface area contributed by atoms with Crippen LogP contribution in [0.25, 0.3) is 5.57 Å². The summed E-state index contributed by atoms with van der Waals surface area (Å²) in [5.41, 5.74) is 17.3. The minimum absolute atomic E-state index is 0.283. The first-order valence-electron chi connectivity index (χ1n) is 21.2. The van der Waals surface area contributed by atoms with Crippen LogP contribution in [0.5, 0.6) is 0 Å². The maximum absolute atomic E-state index is 9.74. The van der Waals surface area contributed by atoms with Crippen LogP contribution in [-0.4, -0.2) is 69.5 Å². The average Bonchev–Trinajstić information content (AvgIpc) is 3.93. The number of hydrogen-bond acceptors (Lipinski definition) is 6. The van der Waals surface area contributed by atoms with Crippen molar-refractivity contribution in [1.29, 1.82) is 0 Å². The number of rotatable bonds is 13. The number of likely N-dealkylation sites (N-methyl/N-ethyl adjacent to an activating group) is 2. The van der Waals surface area contributed by atoms with Gasteiger partial charge in [0.2, 0.25) is 5.91 Å². The first-order chi connectivity index (χ1) is 27.0. The monoisotopic (exact) mass is 776 g/mol. The van der Waals surface area contributed by atoms with E-state index in [0.29, 0.717) is 18.4 Å². The molecule has 1 heterocycles. The largest absolute Gasteiger partial charge is 0.370 e. The van der Waals surface area contributed by atoms with E-state index < -0.39 is 0 Å². The van der Waals surface area contributed by atoms with Crippen molar-refractivity contribution in [1.82, 2.24) is 15.5 Å². The average molecular weight is 776 g/mol. The van der Waals surface area contributed by atoms with Crippen LogP contribution in [0.1, 0.15) is 132 Å². The minimum Gasteiger partial charge on any atom is -0.370 e. The molecule has 1 saturated carbocycles. The molecule has 2 aliphatic carbocycles. The van der Waals surface area contributed by atoms with Crippen molar-refractivity contribution in [3.8, 4) is 12.3 Å². The molecule has 3 atom stereocenters. The third-order valence-electron chi connectivity index (χ3n) is 10.2. The lowest BCUT2D eigenvalue weighted by atomic mass is 9.80. The van der Waals surface area contributed by atoms with E-state index in [1.165, 1.54) is 88.0 Å². The van der Waals surface area contributed by atoms with Gasteiger partial charge >= 0.3 is 0 Å². The van der Waals surface area contributed by atoms with E-state index in [0.717, 1.165) is 31.5 Å². The number of likely N-dealkylation sites (tertiary alicyclic amines) is 1. The van der Waals surface area contributed by atoms with Crippen molar-refractivity contribution >= 4 is 17.8 Å². The Labute approximate surface area is 346 Å². The van der Waals surface area contributed by atoms with E-state index >= 15 is 0 Å². The molecule has 318 valence electrons. The van der Waals surface area contributed by atoms with Crippen molar-refractivity contribution in [2.24, 2.45) is 22.8 Å². The number of carbonyl (C=O) groups is 2. The van der Waals surface area contributed by atoms with E-state index in [1.807, 2.05) is 27.0 Å². The summed E-state index contributed by atoms with van der Waals surface area (Å²) < 4.78 is 0. The second-order valence-corrected chi connectivity index (χ2v) is 13.8. The van der Waals surface area contributed by atoms with Gasteiger partial charge in [0.1, 0.15) is 6.29 Å². The predicted molar refractivity (Wildman–Crippen MR) is 248 cm³/mol. The summed E-state index contributed by atoms with van der Waals surface area (Å²) in [6.45, 7) is 29.9. The number of allylic oxidation sites excluding steroid dienone is 8. The number of nitrogens with two attached hydrogens (primary N) is 2. The standard InChI is InChI=1S/C26H32.C10H22N2.C3H8N2O.C3H9N.C3H4.C2H4O.C2H6/c1-5-20(6-2)22(7-3)24-18-26(16-12-13-17-26)19-25(24)23(8-4)21-14-10-9-11-15-21;1-4-9-6-7-10(12(9)3)8-11-5-2;4-2-1-3(5)6;1-3-4-2;1-3-2;1-2-3;1-2/h5-11,14-15,22H,1,3,12-13,16-19H2,2,4H3;9-11H,4-8H2,1-3H3;1-2,4H2,(H2,5,6);4H,3H2,1-2H3;1H,2H3;2H,1H3;1-2H3/b20-6+,23-8-;;;;;;/t;9-,10?;;;;;/m.0...../s1. The van der Waals surface area contributed by atoms with Gasteiger partial charge in [0.05, 0.1) is 0 Å². The molecule has 1 aliphatic heterocycles. The topological polar surface area (TPSA) is 113 Å². The Balaban J connectivity index is -0.000000773. The molecule has 2 unspecified atom stereocenters. The highest BCUT2D eigenvalue weighted by Crippen LogP contribution is 2.57. The number of hydrogen-bond donors (Lipinski definition) is 4. The van der Waals surface area contributed by atoms with Crippen LogP contribution < -0.4 is 22.1 Å². The maximum Gasteiger partial charge on any atom is 0.218 e. The third-order valence-corrected chi connectivity index (χ3v) is 10.2. The van der Waals surface area contributed by atoms with Crippen molar-refractivity contribution in [2.45, 2.75) is 139 Å². The van der Waals surface area contributed by atoms with Gasteiger partial charge < -0.3 is 26.9 Å². The smallest absolute Gasteiger partial charge is 0.218 e. The Bertz CT molecular complexity index is 1300. The molecule has 1 amide bonds. The second-order valence-electron chi connectivity index (χ2n) is 13.8. The van der Waals surface area contributed by atoms with Gasteiger partial charge in [0.15, 0.2) is 0 Å². The maximum atomic E-state index is 9.74. The van der Waals surface area contributed by atoms with Crippen LogP contribution in [0.15, 0.2) is 84.5 Å². The summed E-state index contributed by atoms with van der Waals surface area (Å²) >= 11 is 0. The van der Waals surface area contributed by atoms with Crippen molar-refractivity contribution < 1.29 is 9.59 Å². The highest BCUT2D eigenvalue weighted by Gasteiger charge is 2.43. The minimum atomic E-state index is -0.336. The Morgan fingerprint density at radius 2 is 1.55 bits per heavy atom. The van der Waals surface area contributed by atoms with Gasteiger partial charge in [-0.2, -0.15) is 0 Å². The first-order valence-corrected chi connectivity index (χ1v) is 21.2. The van der Waals surface area contributed by atoms with Gasteiger partial charge in [-0.25, -0.2) is 0 Å². The second kappa shape index (κ2) is 37.1. The molecule has 1 aromatic rings. The SMILES string of the molecule is C#CC.C=C/C(=C\C)C(C=C)C1=C(/C(=C\C)c2ccccc2)CC2(CCCC2)C1.CC.CC=O.CCNC.CCNCC1CC[C@H](CC)N1C.NCCC(N)=O. The fourth-order valence-electron chi connectivity index (χ4n) is 7.42. The summed E-state index contributed by atoms with van der Waals surface area (Å²) in [7, 11) is 4.20. The first kappa shape index (κ1) is 56.8. The highest BCUT2D eigenvalue weighted by molar-refractivity contribution is 5.81. The van der Waals surface area contributed by atoms with Crippen LogP contribution in [0, 0.1) is 23.7 Å². The zero-order chi connectivity index (χ0) is 43.4. The lowest BCUT2D eigenvalue weighted by Crippen LogP contribution is -2.38. The van der Waals surface area contributed by atoms with E-state index in [9.17, 15) is 4.79 Å². The number of benzene rings is 1. The molecule has 56 heavy (non-hydrogen) atoms. The zero-order valence-electron chi connectivity index (χ0n) is 37.8.